The molecule has 1 aromatic carbocycles. The lowest BCUT2D eigenvalue weighted by atomic mass is 9.94. The molecule has 0 atom stereocenters. The van der Waals surface area contributed by atoms with E-state index in [1.165, 1.54) is 0 Å². The van der Waals surface area contributed by atoms with Crippen LogP contribution < -0.4 is 5.32 Å². The molecule has 1 aromatic rings. The summed E-state index contributed by atoms with van der Waals surface area (Å²) in [6.45, 7) is 3.31. The van der Waals surface area contributed by atoms with E-state index in [9.17, 15) is 9.90 Å². The Labute approximate surface area is 121 Å². The van der Waals surface area contributed by atoms with Crippen LogP contribution in [-0.2, 0) is 4.74 Å². The van der Waals surface area contributed by atoms with Crippen molar-refractivity contribution in [2.24, 2.45) is 0 Å². The van der Waals surface area contributed by atoms with Gasteiger partial charge in [0.1, 0.15) is 0 Å². The van der Waals surface area contributed by atoms with Crippen molar-refractivity contribution in [2.45, 2.75) is 25.4 Å². The summed E-state index contributed by atoms with van der Waals surface area (Å²) < 4.78 is 5.98. The van der Waals surface area contributed by atoms with Gasteiger partial charge in [0.05, 0.1) is 11.2 Å². The average Bonchev–Trinajstić information content (AvgIpc) is 2.37. The van der Waals surface area contributed by atoms with Gasteiger partial charge < -0.3 is 15.2 Å². The Balaban J connectivity index is 1.97. The molecule has 1 amide bonds. The molecule has 0 spiro atoms. The van der Waals surface area contributed by atoms with Crippen LogP contribution in [0.3, 0.4) is 0 Å². The molecule has 1 fully saturated rings. The van der Waals surface area contributed by atoms with Gasteiger partial charge in [-0.15, -0.1) is 0 Å². The number of nitrogens with one attached hydrogen (secondary N) is 1. The van der Waals surface area contributed by atoms with E-state index in [1.807, 2.05) is 19.1 Å². The number of hydrogen-bond donors (Lipinski definition) is 2. The molecular formula is C14H18BrNO3. The van der Waals surface area contributed by atoms with E-state index in [1.54, 1.807) is 6.07 Å². The second-order valence-corrected chi connectivity index (χ2v) is 5.86. The highest BCUT2D eigenvalue weighted by molar-refractivity contribution is 9.10. The smallest absolute Gasteiger partial charge is 0.252 e. The van der Waals surface area contributed by atoms with Crippen molar-refractivity contribution < 1.29 is 14.6 Å². The Morgan fingerprint density at radius 1 is 1.47 bits per heavy atom. The second kappa shape index (κ2) is 6.03. The number of ether oxygens (including phenoxy) is 1. The van der Waals surface area contributed by atoms with Crippen LogP contribution >= 0.6 is 15.9 Å². The van der Waals surface area contributed by atoms with E-state index in [0.29, 0.717) is 31.6 Å². The first-order valence-corrected chi connectivity index (χ1v) is 7.14. The molecular weight excluding hydrogens is 310 g/mol. The average molecular weight is 328 g/mol. The van der Waals surface area contributed by atoms with Crippen molar-refractivity contribution in [1.82, 2.24) is 5.32 Å². The topological polar surface area (TPSA) is 58.6 Å². The predicted octanol–water partition coefficient (Wildman–Crippen LogP) is 2.03. The molecule has 4 nitrogen and oxygen atoms in total. The number of rotatable bonds is 3. The Morgan fingerprint density at radius 3 is 2.79 bits per heavy atom. The third-order valence-corrected chi connectivity index (χ3v) is 4.03. The minimum atomic E-state index is -0.842. The predicted molar refractivity (Wildman–Crippen MR) is 76.2 cm³/mol. The summed E-state index contributed by atoms with van der Waals surface area (Å²) in [4.78, 5) is 12.1. The van der Waals surface area contributed by atoms with Gasteiger partial charge in [0.2, 0.25) is 0 Å². The SMILES string of the molecule is Cc1ccc(C(=O)NCC2(O)CCOCC2)c(Br)c1. The lowest BCUT2D eigenvalue weighted by Crippen LogP contribution is -2.46. The summed E-state index contributed by atoms with van der Waals surface area (Å²) in [7, 11) is 0. The highest BCUT2D eigenvalue weighted by Gasteiger charge is 2.30. The van der Waals surface area contributed by atoms with Crippen molar-refractivity contribution in [3.8, 4) is 0 Å². The molecule has 5 heteroatoms. The normalized spacial score (nSPS) is 18.1. The van der Waals surface area contributed by atoms with Gasteiger partial charge in [0.25, 0.3) is 5.91 Å². The maximum absolute atomic E-state index is 12.1. The van der Waals surface area contributed by atoms with Gasteiger partial charge in [-0.1, -0.05) is 6.07 Å². The van der Waals surface area contributed by atoms with Gasteiger partial charge in [-0.25, -0.2) is 0 Å². The lowest BCUT2D eigenvalue weighted by molar-refractivity contribution is -0.0605. The zero-order valence-electron chi connectivity index (χ0n) is 10.9. The molecule has 0 unspecified atom stereocenters. The number of carbonyl (C=O) groups excluding carboxylic acids is 1. The van der Waals surface area contributed by atoms with Crippen LogP contribution in [0, 0.1) is 6.92 Å². The summed E-state index contributed by atoms with van der Waals surface area (Å²) in [6, 6.07) is 5.57. The van der Waals surface area contributed by atoms with Gasteiger partial charge in [-0.05, 0) is 40.5 Å². The largest absolute Gasteiger partial charge is 0.388 e. The number of amides is 1. The van der Waals surface area contributed by atoms with Gasteiger partial charge >= 0.3 is 0 Å². The molecule has 0 radical (unpaired) electrons. The van der Waals surface area contributed by atoms with Crippen LogP contribution in [0.2, 0.25) is 0 Å². The Morgan fingerprint density at radius 2 is 2.16 bits per heavy atom. The summed E-state index contributed by atoms with van der Waals surface area (Å²) in [5.41, 5.74) is 0.832. The molecule has 19 heavy (non-hydrogen) atoms. The summed E-state index contributed by atoms with van der Waals surface area (Å²) in [6.07, 6.45) is 1.12. The molecule has 2 N–H and O–H groups in total. The van der Waals surface area contributed by atoms with E-state index >= 15 is 0 Å². The number of aliphatic hydroxyl groups is 1. The fourth-order valence-electron chi connectivity index (χ4n) is 2.07. The van der Waals surface area contributed by atoms with Crippen molar-refractivity contribution in [3.05, 3.63) is 33.8 Å². The Bertz CT molecular complexity index is 470. The minimum absolute atomic E-state index is 0.174. The molecule has 0 aromatic heterocycles. The van der Waals surface area contributed by atoms with Crippen molar-refractivity contribution in [1.29, 1.82) is 0 Å². The maximum atomic E-state index is 12.1. The van der Waals surface area contributed by atoms with Crippen LogP contribution in [0.4, 0.5) is 0 Å². The van der Waals surface area contributed by atoms with E-state index in [0.717, 1.165) is 10.0 Å². The first-order chi connectivity index (χ1) is 9.00. The molecule has 1 aliphatic rings. The minimum Gasteiger partial charge on any atom is -0.388 e. The second-order valence-electron chi connectivity index (χ2n) is 5.00. The monoisotopic (exact) mass is 327 g/mol. The number of benzene rings is 1. The number of halogens is 1. The van der Waals surface area contributed by atoms with Crippen molar-refractivity contribution in [3.63, 3.8) is 0 Å². The van der Waals surface area contributed by atoms with Crippen LogP contribution in [0.15, 0.2) is 22.7 Å². The van der Waals surface area contributed by atoms with E-state index in [2.05, 4.69) is 21.2 Å². The molecule has 0 saturated carbocycles. The molecule has 0 aliphatic carbocycles. The molecule has 1 saturated heterocycles. The third kappa shape index (κ3) is 3.78. The van der Waals surface area contributed by atoms with E-state index in [-0.39, 0.29) is 12.5 Å². The number of hydrogen-bond acceptors (Lipinski definition) is 3. The summed E-state index contributed by atoms with van der Waals surface area (Å²) in [5, 5.41) is 13.1. The Kier molecular flexibility index (Phi) is 4.60. The number of aryl methyl sites for hydroxylation is 1. The molecule has 0 bridgehead atoms. The van der Waals surface area contributed by atoms with Crippen molar-refractivity contribution in [2.75, 3.05) is 19.8 Å². The number of carbonyl (C=O) groups is 1. The zero-order chi connectivity index (χ0) is 13.9. The quantitative estimate of drug-likeness (QED) is 0.893. The molecule has 2 rings (SSSR count). The zero-order valence-corrected chi connectivity index (χ0v) is 12.5. The van der Waals surface area contributed by atoms with Crippen LogP contribution in [-0.4, -0.2) is 36.4 Å². The van der Waals surface area contributed by atoms with Crippen LogP contribution in [0.1, 0.15) is 28.8 Å². The van der Waals surface area contributed by atoms with Crippen LogP contribution in [0.5, 0.6) is 0 Å². The summed E-state index contributed by atoms with van der Waals surface area (Å²) >= 11 is 3.38. The highest BCUT2D eigenvalue weighted by Crippen LogP contribution is 2.21. The van der Waals surface area contributed by atoms with Gasteiger partial charge in [0.15, 0.2) is 0 Å². The standard InChI is InChI=1S/C14H18BrNO3/c1-10-2-3-11(12(15)8-10)13(17)16-9-14(18)4-6-19-7-5-14/h2-3,8,18H,4-7,9H2,1H3,(H,16,17). The molecule has 1 aliphatic heterocycles. The van der Waals surface area contributed by atoms with Crippen molar-refractivity contribution >= 4 is 21.8 Å². The van der Waals surface area contributed by atoms with Gasteiger partial charge in [0, 0.05) is 37.1 Å². The fraction of sp³-hybridized carbons (Fsp3) is 0.500. The van der Waals surface area contributed by atoms with Crippen LogP contribution in [0.25, 0.3) is 0 Å². The summed E-state index contributed by atoms with van der Waals surface area (Å²) in [5.74, 6) is -0.174. The first kappa shape index (κ1) is 14.5. The third-order valence-electron chi connectivity index (χ3n) is 3.37. The van der Waals surface area contributed by atoms with E-state index < -0.39 is 5.60 Å². The fourth-order valence-corrected chi connectivity index (χ4v) is 2.75. The molecule has 104 valence electrons. The first-order valence-electron chi connectivity index (χ1n) is 6.35. The van der Waals surface area contributed by atoms with Gasteiger partial charge in [-0.2, -0.15) is 0 Å². The lowest BCUT2D eigenvalue weighted by Gasteiger charge is -2.32. The molecule has 1 heterocycles. The van der Waals surface area contributed by atoms with Gasteiger partial charge in [-0.3, -0.25) is 4.79 Å². The Hall–Kier alpha value is -0.910. The maximum Gasteiger partial charge on any atom is 0.252 e. The highest BCUT2D eigenvalue weighted by atomic mass is 79.9. The van der Waals surface area contributed by atoms with E-state index in [4.69, 9.17) is 4.74 Å².